The van der Waals surface area contributed by atoms with E-state index in [1.165, 1.54) is 14.9 Å². The summed E-state index contributed by atoms with van der Waals surface area (Å²) < 4.78 is 1.19. The highest BCUT2D eigenvalue weighted by atomic mass is 79.9. The Morgan fingerprint density at radius 3 is 2.26 bits per heavy atom. The Balaban J connectivity index is 1.63. The van der Waals surface area contributed by atoms with Crippen molar-refractivity contribution in [2.75, 3.05) is 26.2 Å². The monoisotopic (exact) mass is 446 g/mol. The van der Waals surface area contributed by atoms with Crippen molar-refractivity contribution in [1.82, 2.24) is 9.80 Å². The molecule has 0 N–H and O–H groups in total. The largest absolute Gasteiger partial charge is 0.339 e. The number of benzene rings is 1. The number of rotatable bonds is 6. The summed E-state index contributed by atoms with van der Waals surface area (Å²) in [6.45, 7) is 8.77. The Morgan fingerprint density at radius 1 is 1.07 bits per heavy atom. The van der Waals surface area contributed by atoms with Crippen molar-refractivity contribution in [3.05, 3.63) is 63.4 Å². The van der Waals surface area contributed by atoms with Crippen LogP contribution in [0, 0.1) is 0 Å². The maximum absolute atomic E-state index is 12.5. The molecule has 3 rings (SSSR count). The first-order valence-electron chi connectivity index (χ1n) is 9.64. The third-order valence-electron chi connectivity index (χ3n) is 5.17. The highest BCUT2D eigenvalue weighted by Crippen LogP contribution is 2.32. The van der Waals surface area contributed by atoms with E-state index in [0.717, 1.165) is 56.7 Å². The number of hydrogen-bond acceptors (Lipinski definition) is 3. The average molecular weight is 447 g/mol. The number of thiophene rings is 1. The molecule has 0 unspecified atom stereocenters. The number of nitrogens with zero attached hydrogens (tertiary/aromatic N) is 2. The zero-order valence-electron chi connectivity index (χ0n) is 16.1. The number of piperidine rings is 1. The van der Waals surface area contributed by atoms with Gasteiger partial charge in [0.15, 0.2) is 0 Å². The normalized spacial score (nSPS) is 15.0. The van der Waals surface area contributed by atoms with Gasteiger partial charge in [0.05, 0.1) is 0 Å². The van der Waals surface area contributed by atoms with Crippen LogP contribution in [0.5, 0.6) is 0 Å². The quantitative estimate of drug-likeness (QED) is 0.573. The van der Waals surface area contributed by atoms with Crippen molar-refractivity contribution in [2.24, 2.45) is 0 Å². The van der Waals surface area contributed by atoms with Crippen molar-refractivity contribution >= 4 is 37.7 Å². The molecule has 5 heteroatoms. The molecule has 2 aromatic rings. The number of likely N-dealkylation sites (tertiary alicyclic amines) is 1. The lowest BCUT2D eigenvalue weighted by Gasteiger charge is -2.28. The molecule has 1 amide bonds. The third-order valence-corrected chi connectivity index (χ3v) is 7.05. The molecule has 27 heavy (non-hydrogen) atoms. The Hall–Kier alpha value is -1.43. The van der Waals surface area contributed by atoms with Crippen LogP contribution in [0.3, 0.4) is 0 Å². The highest BCUT2D eigenvalue weighted by Gasteiger charge is 2.18. The summed E-state index contributed by atoms with van der Waals surface area (Å²) in [5.74, 6) is 0.109. The van der Waals surface area contributed by atoms with Gasteiger partial charge in [-0.1, -0.05) is 39.7 Å². The molecule has 0 spiro atoms. The van der Waals surface area contributed by atoms with Gasteiger partial charge in [-0.05, 0) is 55.8 Å². The van der Waals surface area contributed by atoms with Gasteiger partial charge in [0.2, 0.25) is 0 Å². The molecule has 0 saturated carbocycles. The Labute approximate surface area is 174 Å². The molecular weight excluding hydrogens is 420 g/mol. The summed E-state index contributed by atoms with van der Waals surface area (Å²) in [6, 6.07) is 12.4. The van der Waals surface area contributed by atoms with Crippen molar-refractivity contribution in [1.29, 1.82) is 0 Å². The minimum Gasteiger partial charge on any atom is -0.339 e. The molecule has 1 saturated heterocycles. The number of carbonyl (C=O) groups excluding carboxylic acids is 1. The molecule has 1 aliphatic heterocycles. The van der Waals surface area contributed by atoms with Gasteiger partial charge in [0, 0.05) is 47.6 Å². The van der Waals surface area contributed by atoms with Gasteiger partial charge in [-0.15, -0.1) is 11.3 Å². The van der Waals surface area contributed by atoms with Crippen molar-refractivity contribution < 1.29 is 4.79 Å². The molecule has 144 valence electrons. The van der Waals surface area contributed by atoms with E-state index in [2.05, 4.69) is 50.5 Å². The van der Waals surface area contributed by atoms with E-state index in [4.69, 9.17) is 0 Å². The average Bonchev–Trinajstić information content (AvgIpc) is 3.22. The van der Waals surface area contributed by atoms with Crippen LogP contribution < -0.4 is 0 Å². The number of carbonyl (C=O) groups is 1. The van der Waals surface area contributed by atoms with Crippen LogP contribution in [0.2, 0.25) is 0 Å². The SMILES string of the molecule is CCN(CC)C(=O)c1ccc(C(Br)=C2CCN(Cc3cccs3)CC2)cc1. The van der Waals surface area contributed by atoms with E-state index in [-0.39, 0.29) is 5.91 Å². The molecule has 1 fully saturated rings. The van der Waals surface area contributed by atoms with Gasteiger partial charge in [-0.2, -0.15) is 0 Å². The van der Waals surface area contributed by atoms with Crippen LogP contribution in [-0.4, -0.2) is 41.9 Å². The molecule has 0 radical (unpaired) electrons. The molecule has 3 nitrogen and oxygen atoms in total. The fourth-order valence-corrected chi connectivity index (χ4v) is 4.89. The molecule has 0 atom stereocenters. The minimum absolute atomic E-state index is 0.109. The molecular formula is C22H27BrN2OS. The smallest absolute Gasteiger partial charge is 0.253 e. The first-order chi connectivity index (χ1) is 13.1. The molecule has 1 aliphatic rings. The summed E-state index contributed by atoms with van der Waals surface area (Å²) in [5.41, 5.74) is 3.39. The maximum Gasteiger partial charge on any atom is 0.253 e. The first kappa shape index (κ1) is 20.3. The molecule has 0 aliphatic carbocycles. The molecule has 1 aromatic heterocycles. The van der Waals surface area contributed by atoms with Gasteiger partial charge in [-0.25, -0.2) is 0 Å². The van der Waals surface area contributed by atoms with Crippen molar-refractivity contribution in [3.8, 4) is 0 Å². The van der Waals surface area contributed by atoms with E-state index >= 15 is 0 Å². The van der Waals surface area contributed by atoms with E-state index in [9.17, 15) is 4.79 Å². The van der Waals surface area contributed by atoms with E-state index < -0.39 is 0 Å². The summed E-state index contributed by atoms with van der Waals surface area (Å²) in [5, 5.41) is 2.15. The summed E-state index contributed by atoms with van der Waals surface area (Å²) in [7, 11) is 0. The van der Waals surface area contributed by atoms with Gasteiger partial charge >= 0.3 is 0 Å². The Kier molecular flexibility index (Phi) is 7.27. The topological polar surface area (TPSA) is 23.6 Å². The van der Waals surface area contributed by atoms with Crippen LogP contribution >= 0.6 is 27.3 Å². The van der Waals surface area contributed by atoms with Gasteiger partial charge < -0.3 is 4.90 Å². The zero-order valence-corrected chi connectivity index (χ0v) is 18.5. The van der Waals surface area contributed by atoms with Gasteiger partial charge in [0.25, 0.3) is 5.91 Å². The van der Waals surface area contributed by atoms with Crippen LogP contribution in [0.4, 0.5) is 0 Å². The summed E-state index contributed by atoms with van der Waals surface area (Å²) in [6.07, 6.45) is 2.18. The molecule has 2 heterocycles. The van der Waals surface area contributed by atoms with Gasteiger partial charge in [0.1, 0.15) is 0 Å². The number of amides is 1. The van der Waals surface area contributed by atoms with Crippen LogP contribution in [-0.2, 0) is 6.54 Å². The van der Waals surface area contributed by atoms with E-state index in [1.54, 1.807) is 0 Å². The van der Waals surface area contributed by atoms with Gasteiger partial charge in [-0.3, -0.25) is 9.69 Å². The number of hydrogen-bond donors (Lipinski definition) is 0. The Morgan fingerprint density at radius 2 is 1.70 bits per heavy atom. The highest BCUT2D eigenvalue weighted by molar-refractivity contribution is 9.15. The third kappa shape index (κ3) is 5.09. The lowest BCUT2D eigenvalue weighted by molar-refractivity contribution is 0.0773. The van der Waals surface area contributed by atoms with Crippen molar-refractivity contribution in [3.63, 3.8) is 0 Å². The van der Waals surface area contributed by atoms with E-state index in [1.807, 2.05) is 42.2 Å². The van der Waals surface area contributed by atoms with Crippen LogP contribution in [0.15, 0.2) is 47.4 Å². The predicted molar refractivity (Wildman–Crippen MR) is 118 cm³/mol. The lowest BCUT2D eigenvalue weighted by atomic mass is 10.00. The fraction of sp³-hybridized carbons (Fsp3) is 0.409. The summed E-state index contributed by atoms with van der Waals surface area (Å²) >= 11 is 5.65. The van der Waals surface area contributed by atoms with Crippen LogP contribution in [0.25, 0.3) is 4.48 Å². The first-order valence-corrected chi connectivity index (χ1v) is 11.3. The second-order valence-corrected chi connectivity index (χ2v) is 8.65. The van der Waals surface area contributed by atoms with Crippen LogP contribution in [0.1, 0.15) is 47.5 Å². The predicted octanol–water partition coefficient (Wildman–Crippen LogP) is 5.63. The summed E-state index contributed by atoms with van der Waals surface area (Å²) in [4.78, 5) is 18.3. The zero-order chi connectivity index (χ0) is 19.2. The molecule has 1 aromatic carbocycles. The standard InChI is InChI=1S/C22H27BrN2OS/c1-3-25(4-2)22(26)19-9-7-17(8-10-19)21(23)18-11-13-24(14-12-18)16-20-6-5-15-27-20/h5-10,15H,3-4,11-14,16H2,1-2H3. The van der Waals surface area contributed by atoms with E-state index in [0.29, 0.717) is 0 Å². The second-order valence-electron chi connectivity index (χ2n) is 6.83. The fourth-order valence-electron chi connectivity index (χ4n) is 3.48. The Bertz CT molecular complexity index is 769. The minimum atomic E-state index is 0.109. The number of halogens is 1. The lowest BCUT2D eigenvalue weighted by Crippen LogP contribution is -2.30. The van der Waals surface area contributed by atoms with Crippen molar-refractivity contribution in [2.45, 2.75) is 33.2 Å². The maximum atomic E-state index is 12.5. The molecule has 0 bridgehead atoms. The second kappa shape index (κ2) is 9.67.